The lowest BCUT2D eigenvalue weighted by molar-refractivity contribution is -0.148. The van der Waals surface area contributed by atoms with Gasteiger partial charge in [0.15, 0.2) is 0 Å². The van der Waals surface area contributed by atoms with Crippen molar-refractivity contribution in [2.24, 2.45) is 17.4 Å². The van der Waals surface area contributed by atoms with Crippen LogP contribution in [0.1, 0.15) is 71.6 Å². The fraction of sp³-hybridized carbons (Fsp3) is 0.719. The van der Waals surface area contributed by atoms with Crippen molar-refractivity contribution in [3.05, 3.63) is 12.2 Å². The summed E-state index contributed by atoms with van der Waals surface area (Å²) in [5.74, 6) is -2.39. The average molecular weight is 700 g/mol. The Morgan fingerprint density at radius 1 is 0.833 bits per heavy atom. The monoisotopic (exact) mass is 699 g/mol. The molecule has 0 aliphatic carbocycles. The minimum Gasteiger partial charge on any atom is -0.463 e. The lowest BCUT2D eigenvalue weighted by atomic mass is 10.0. The molecular weight excluding hydrogens is 642 g/mol. The zero-order chi connectivity index (χ0) is 36.3. The molecule has 3 atom stereocenters. The molecule has 0 aromatic carbocycles. The van der Waals surface area contributed by atoms with E-state index in [9.17, 15) is 33.6 Å². The number of amides is 7. The second-order valence-electron chi connectivity index (χ2n) is 13.1. The third-order valence-electron chi connectivity index (χ3n) is 7.54. The van der Waals surface area contributed by atoms with Gasteiger partial charge in [0, 0.05) is 37.4 Å². The molecule has 0 bridgehead atoms. The molecule has 0 spiro atoms. The van der Waals surface area contributed by atoms with Crippen LogP contribution in [0.5, 0.6) is 0 Å². The standard InChI is InChI=1S/C32H57N7O8S/c1-22(2)28(38-25(40)14-7-6-10-19-39-26(41)15-16-27(39)42)30(44)36-23(13-11-18-35-32(34)46)29(43)37-24(12-8-9-17-33)31(45)47-20-21-48(3,4)5/h15-16,22-24,28H,6-14,17-21,33H2,1-5H3,(H,36,44)(H,37,43)(H,38,40)(H3,34,35,46)/t23-,24-,28?/m0/s1. The molecule has 1 aliphatic heterocycles. The van der Waals surface area contributed by atoms with Crippen LogP contribution in [0, 0.1) is 5.92 Å². The van der Waals surface area contributed by atoms with E-state index in [0.717, 1.165) is 4.90 Å². The zero-order valence-electron chi connectivity index (χ0n) is 29.1. The Labute approximate surface area is 285 Å². The number of carbonyl (C=O) groups is 7. The molecule has 1 unspecified atom stereocenters. The molecule has 16 heteroatoms. The number of imide groups is 1. The lowest BCUT2D eigenvalue weighted by Crippen LogP contribution is -2.57. The molecule has 274 valence electrons. The van der Waals surface area contributed by atoms with Crippen molar-refractivity contribution in [2.75, 3.05) is 50.8 Å². The number of rotatable bonds is 24. The topological polar surface area (TPSA) is 232 Å². The number of hydrogen-bond acceptors (Lipinski definition) is 9. The van der Waals surface area contributed by atoms with Crippen molar-refractivity contribution in [3.8, 4) is 0 Å². The number of carbonyl (C=O) groups excluding carboxylic acids is 7. The molecule has 1 rings (SSSR count). The highest BCUT2D eigenvalue weighted by molar-refractivity contribution is 8.32. The van der Waals surface area contributed by atoms with Crippen LogP contribution in [0.15, 0.2) is 12.2 Å². The molecule has 15 nitrogen and oxygen atoms in total. The van der Waals surface area contributed by atoms with Gasteiger partial charge in [-0.3, -0.25) is 28.9 Å². The van der Waals surface area contributed by atoms with E-state index in [1.54, 1.807) is 13.8 Å². The van der Waals surface area contributed by atoms with Crippen LogP contribution >= 0.6 is 10.0 Å². The Morgan fingerprint density at radius 3 is 2.04 bits per heavy atom. The molecule has 1 aliphatic rings. The van der Waals surface area contributed by atoms with Gasteiger partial charge in [-0.15, -0.1) is 0 Å². The van der Waals surface area contributed by atoms with Crippen molar-refractivity contribution in [3.63, 3.8) is 0 Å². The second kappa shape index (κ2) is 22.1. The van der Waals surface area contributed by atoms with Gasteiger partial charge in [0.05, 0.1) is 6.61 Å². The first-order valence-corrected chi connectivity index (χ1v) is 19.6. The first-order chi connectivity index (χ1) is 22.5. The predicted molar refractivity (Wildman–Crippen MR) is 186 cm³/mol. The number of esters is 1. The number of urea groups is 1. The Morgan fingerprint density at radius 2 is 1.46 bits per heavy atom. The average Bonchev–Trinajstić information content (AvgIpc) is 3.31. The van der Waals surface area contributed by atoms with Crippen LogP contribution in [-0.4, -0.2) is 115 Å². The van der Waals surface area contributed by atoms with Crippen LogP contribution in [0.2, 0.25) is 0 Å². The number of unbranched alkanes of at least 4 members (excludes halogenated alkanes) is 3. The highest BCUT2D eigenvalue weighted by Crippen LogP contribution is 2.33. The van der Waals surface area contributed by atoms with Gasteiger partial charge in [0.25, 0.3) is 11.8 Å². The zero-order valence-corrected chi connectivity index (χ0v) is 30.0. The molecule has 0 radical (unpaired) electrons. The van der Waals surface area contributed by atoms with Crippen molar-refractivity contribution in [2.45, 2.75) is 89.8 Å². The van der Waals surface area contributed by atoms with E-state index in [1.165, 1.54) is 12.2 Å². The van der Waals surface area contributed by atoms with E-state index in [0.29, 0.717) is 57.2 Å². The minimum absolute atomic E-state index is 0.117. The molecule has 0 aromatic rings. The summed E-state index contributed by atoms with van der Waals surface area (Å²) >= 11 is 0. The van der Waals surface area contributed by atoms with Gasteiger partial charge in [0.2, 0.25) is 17.7 Å². The number of ether oxygens (including phenoxy) is 1. The number of nitrogens with zero attached hydrogens (tertiary/aromatic N) is 1. The van der Waals surface area contributed by atoms with Gasteiger partial charge in [-0.2, -0.15) is 0 Å². The highest BCUT2D eigenvalue weighted by atomic mass is 32.3. The molecular formula is C32H57N7O8S. The summed E-state index contributed by atoms with van der Waals surface area (Å²) in [5, 5.41) is 10.7. The fourth-order valence-corrected chi connectivity index (χ4v) is 5.30. The normalized spacial score (nSPS) is 15.1. The van der Waals surface area contributed by atoms with E-state index in [4.69, 9.17) is 16.2 Å². The Bertz CT molecular complexity index is 1120. The van der Waals surface area contributed by atoms with Gasteiger partial charge < -0.3 is 37.5 Å². The van der Waals surface area contributed by atoms with Gasteiger partial charge in [-0.05, 0) is 76.2 Å². The first kappa shape index (κ1) is 42.4. The van der Waals surface area contributed by atoms with E-state index >= 15 is 0 Å². The van der Waals surface area contributed by atoms with Crippen LogP contribution in [0.4, 0.5) is 4.79 Å². The smallest absolute Gasteiger partial charge is 0.328 e. The van der Waals surface area contributed by atoms with E-state index < -0.39 is 52.0 Å². The van der Waals surface area contributed by atoms with E-state index in [1.807, 2.05) is 0 Å². The molecule has 0 aromatic heterocycles. The number of hydrogen-bond donors (Lipinski definition) is 6. The van der Waals surface area contributed by atoms with E-state index in [-0.39, 0.29) is 56.2 Å². The molecule has 0 saturated heterocycles. The second-order valence-corrected chi connectivity index (χ2v) is 17.7. The van der Waals surface area contributed by atoms with Crippen LogP contribution in [-0.2, 0) is 33.5 Å². The summed E-state index contributed by atoms with van der Waals surface area (Å²) in [7, 11) is -0.898. The molecule has 8 N–H and O–H groups in total. The van der Waals surface area contributed by atoms with Gasteiger partial charge in [-0.1, -0.05) is 20.3 Å². The Kier molecular flexibility index (Phi) is 19.5. The lowest BCUT2D eigenvalue weighted by Gasteiger charge is -2.27. The van der Waals surface area contributed by atoms with Crippen molar-refractivity contribution in [1.82, 2.24) is 26.2 Å². The maximum Gasteiger partial charge on any atom is 0.328 e. The molecule has 0 saturated carbocycles. The van der Waals surface area contributed by atoms with Crippen molar-refractivity contribution < 1.29 is 38.3 Å². The minimum atomic E-state index is -1.08. The van der Waals surface area contributed by atoms with Crippen molar-refractivity contribution >= 4 is 51.6 Å². The molecule has 0 fully saturated rings. The maximum absolute atomic E-state index is 13.5. The number of primary amides is 1. The van der Waals surface area contributed by atoms with Crippen molar-refractivity contribution in [1.29, 1.82) is 0 Å². The van der Waals surface area contributed by atoms with Gasteiger partial charge >= 0.3 is 12.0 Å². The quantitative estimate of drug-likeness (QED) is 0.0464. The van der Waals surface area contributed by atoms with E-state index in [2.05, 4.69) is 40.0 Å². The summed E-state index contributed by atoms with van der Waals surface area (Å²) in [6.45, 7) is 4.60. The summed E-state index contributed by atoms with van der Waals surface area (Å²) in [6, 6.07) is -3.70. The summed E-state index contributed by atoms with van der Waals surface area (Å²) in [5.41, 5.74) is 10.8. The number of nitrogens with one attached hydrogen (secondary N) is 4. The molecule has 7 amide bonds. The van der Waals surface area contributed by atoms with Crippen LogP contribution < -0.4 is 32.7 Å². The summed E-state index contributed by atoms with van der Waals surface area (Å²) in [4.78, 5) is 88.4. The maximum atomic E-state index is 13.5. The number of nitrogens with two attached hydrogens (primary N) is 2. The molecule has 1 heterocycles. The van der Waals surface area contributed by atoms with Gasteiger partial charge in [0.1, 0.15) is 18.1 Å². The summed E-state index contributed by atoms with van der Waals surface area (Å²) in [6.07, 6.45) is 12.5. The molecule has 48 heavy (non-hydrogen) atoms. The SMILES string of the molecule is CC(C)C(NC(=O)CCCCCN1C(=O)C=CC1=O)C(=O)N[C@@H](CCCNC(N)=O)C(=O)N[C@@H](CCCCN)C(=O)OCCS(C)(C)C. The fourth-order valence-electron chi connectivity index (χ4n) is 4.72. The van der Waals surface area contributed by atoms with Gasteiger partial charge in [-0.25, -0.2) is 19.6 Å². The Balaban J connectivity index is 2.87. The van der Waals surface area contributed by atoms with Crippen LogP contribution in [0.25, 0.3) is 0 Å². The first-order valence-electron chi connectivity index (χ1n) is 16.5. The Hall–Kier alpha value is -3.66. The predicted octanol–water partition coefficient (Wildman–Crippen LogP) is 0.397. The third-order valence-corrected chi connectivity index (χ3v) is 8.93. The highest BCUT2D eigenvalue weighted by Gasteiger charge is 2.31. The van der Waals surface area contributed by atoms with Crippen LogP contribution in [0.3, 0.4) is 0 Å². The largest absolute Gasteiger partial charge is 0.463 e. The summed E-state index contributed by atoms with van der Waals surface area (Å²) < 4.78 is 5.50. The third kappa shape index (κ3) is 17.5.